The summed E-state index contributed by atoms with van der Waals surface area (Å²) in [7, 11) is 1.43. The monoisotopic (exact) mass is 933 g/mol. The van der Waals surface area contributed by atoms with Crippen molar-refractivity contribution in [1.82, 2.24) is 37.2 Å². The summed E-state index contributed by atoms with van der Waals surface area (Å²) in [5.41, 5.74) is 17.2. The normalized spacial score (nSPS) is 12.7. The molecule has 66 heavy (non-hydrogen) atoms. The van der Waals surface area contributed by atoms with E-state index in [1.54, 1.807) is 0 Å². The van der Waals surface area contributed by atoms with Crippen molar-refractivity contribution in [3.63, 3.8) is 0 Å². The minimum absolute atomic E-state index is 0.0408. The molecule has 0 aromatic heterocycles. The van der Waals surface area contributed by atoms with Gasteiger partial charge in [0.25, 0.3) is 0 Å². The van der Waals surface area contributed by atoms with Gasteiger partial charge in [-0.05, 0) is 82.2 Å². The van der Waals surface area contributed by atoms with Gasteiger partial charge in [0.2, 0.25) is 47.3 Å². The average Bonchev–Trinajstić information content (AvgIpc) is 3.29. The summed E-state index contributed by atoms with van der Waals surface area (Å²) in [6.07, 6.45) is 14.0. The Hall–Kier alpha value is -5.34. The van der Waals surface area contributed by atoms with Gasteiger partial charge in [-0.15, -0.1) is 0 Å². The number of primary amides is 1. The average molecular weight is 933 g/mol. The summed E-state index contributed by atoms with van der Waals surface area (Å²) in [5, 5.41) is 27.7. The molecule has 1 aromatic rings. The third-order valence-corrected chi connectivity index (χ3v) is 10.8. The Morgan fingerprint density at radius 2 is 1.03 bits per heavy atom. The largest absolute Gasteiger partial charge is 0.508 e. The first-order valence-electron chi connectivity index (χ1n) is 23.7. The lowest BCUT2D eigenvalue weighted by molar-refractivity contribution is -0.135. The predicted molar refractivity (Wildman–Crippen MR) is 251 cm³/mol. The number of nitrogens with one attached hydrogen (secondary N) is 7. The first kappa shape index (κ1) is 58.7. The highest BCUT2D eigenvalue weighted by Crippen LogP contribution is 2.13. The van der Waals surface area contributed by atoms with Gasteiger partial charge in [-0.1, -0.05) is 76.8 Å². The van der Waals surface area contributed by atoms with Crippen molar-refractivity contribution < 1.29 is 48.2 Å². The molecule has 0 aliphatic rings. The number of unbranched alkanes of at least 4 members (excludes halogenated alkanes) is 11. The zero-order valence-corrected chi connectivity index (χ0v) is 39.4. The minimum atomic E-state index is -1.42. The van der Waals surface area contributed by atoms with Crippen LogP contribution in [0.3, 0.4) is 0 Å². The van der Waals surface area contributed by atoms with E-state index in [4.69, 9.17) is 21.9 Å². The second-order valence-electron chi connectivity index (χ2n) is 16.5. The molecule has 1 aromatic carbocycles. The third-order valence-electron chi connectivity index (χ3n) is 10.8. The fourth-order valence-corrected chi connectivity index (χ4v) is 6.86. The molecule has 0 aliphatic carbocycles. The second-order valence-corrected chi connectivity index (χ2v) is 16.5. The molecule has 8 amide bonds. The highest BCUT2D eigenvalue weighted by Gasteiger charge is 2.31. The number of carbonyl (C=O) groups excluding carboxylic acids is 8. The predicted octanol–water partition coefficient (Wildman–Crippen LogP) is 0.703. The van der Waals surface area contributed by atoms with Crippen molar-refractivity contribution in [2.75, 3.05) is 46.4 Å². The third kappa shape index (κ3) is 28.5. The number of likely N-dealkylation sites (N-methyl/N-ethyl adjacent to an activating group) is 1. The van der Waals surface area contributed by atoms with Gasteiger partial charge in [0.1, 0.15) is 29.9 Å². The SMILES string of the molecule is CCCCCCCCCCCCOCCC(=O)NCC(=O)NCC(=O)N[C@@H](Cc1ccc(O)cc1)C(=O)N[C@@H](CCC(N)=O)C(=O)N[C@@H](CCCCN)C(=O)N[C@@H](CCCCN)C(=O)NC. The van der Waals surface area contributed by atoms with Crippen LogP contribution in [0.4, 0.5) is 0 Å². The maximum atomic E-state index is 13.9. The number of nitrogens with two attached hydrogens (primary N) is 3. The quantitative estimate of drug-likeness (QED) is 0.0407. The molecule has 0 saturated carbocycles. The Bertz CT molecular complexity index is 1600. The lowest BCUT2D eigenvalue weighted by Gasteiger charge is -2.26. The summed E-state index contributed by atoms with van der Waals surface area (Å²) in [6, 6.07) is 1.00. The van der Waals surface area contributed by atoms with Crippen LogP contribution in [0.5, 0.6) is 5.75 Å². The van der Waals surface area contributed by atoms with Crippen LogP contribution in [0.2, 0.25) is 0 Å². The first-order valence-corrected chi connectivity index (χ1v) is 23.7. The fourth-order valence-electron chi connectivity index (χ4n) is 6.86. The Morgan fingerprint density at radius 1 is 0.545 bits per heavy atom. The molecule has 1 rings (SSSR count). The van der Waals surface area contributed by atoms with Gasteiger partial charge in [-0.3, -0.25) is 38.4 Å². The minimum Gasteiger partial charge on any atom is -0.508 e. The van der Waals surface area contributed by atoms with E-state index >= 15 is 0 Å². The van der Waals surface area contributed by atoms with E-state index in [1.165, 1.54) is 76.3 Å². The second kappa shape index (κ2) is 36.8. The van der Waals surface area contributed by atoms with Crippen LogP contribution in [0.25, 0.3) is 0 Å². The summed E-state index contributed by atoms with van der Waals surface area (Å²) < 4.78 is 5.57. The smallest absolute Gasteiger partial charge is 0.243 e. The number of benzene rings is 1. The van der Waals surface area contributed by atoms with Crippen LogP contribution in [0.15, 0.2) is 24.3 Å². The van der Waals surface area contributed by atoms with Gasteiger partial charge in [-0.25, -0.2) is 0 Å². The van der Waals surface area contributed by atoms with Crippen molar-refractivity contribution in [1.29, 1.82) is 0 Å². The number of phenolic OH excluding ortho intramolecular Hbond substituents is 1. The number of aromatic hydroxyl groups is 1. The molecule has 0 spiro atoms. The molecule has 0 saturated heterocycles. The van der Waals surface area contributed by atoms with Crippen molar-refractivity contribution >= 4 is 47.3 Å². The van der Waals surface area contributed by atoms with E-state index in [-0.39, 0.29) is 44.5 Å². The van der Waals surface area contributed by atoms with Gasteiger partial charge >= 0.3 is 0 Å². The van der Waals surface area contributed by atoms with Gasteiger partial charge in [-0.2, -0.15) is 0 Å². The van der Waals surface area contributed by atoms with Crippen LogP contribution in [0, 0.1) is 0 Å². The zero-order chi connectivity index (χ0) is 49.0. The molecule has 14 N–H and O–H groups in total. The lowest BCUT2D eigenvalue weighted by atomic mass is 10.0. The summed E-state index contributed by atoms with van der Waals surface area (Å²) in [4.78, 5) is 104. The molecule has 20 heteroatoms. The molecule has 0 radical (unpaired) electrons. The number of carbonyl (C=O) groups is 8. The Kier molecular flexibility index (Phi) is 32.7. The summed E-state index contributed by atoms with van der Waals surface area (Å²) in [6.45, 7) is 2.74. The molecule has 0 unspecified atom stereocenters. The van der Waals surface area contributed by atoms with E-state index in [0.717, 1.165) is 19.3 Å². The molecule has 0 heterocycles. The van der Waals surface area contributed by atoms with Crippen LogP contribution in [-0.4, -0.2) is 123 Å². The Balaban J connectivity index is 2.90. The fraction of sp³-hybridized carbons (Fsp3) is 0.696. The maximum absolute atomic E-state index is 13.9. The van der Waals surface area contributed by atoms with E-state index in [9.17, 15) is 43.5 Å². The van der Waals surface area contributed by atoms with Crippen LogP contribution in [0.1, 0.15) is 134 Å². The lowest BCUT2D eigenvalue weighted by Crippen LogP contribution is -2.58. The molecule has 374 valence electrons. The van der Waals surface area contributed by atoms with Gasteiger partial charge < -0.3 is 64.3 Å². The Morgan fingerprint density at radius 3 is 1.56 bits per heavy atom. The number of hydrogen-bond donors (Lipinski definition) is 11. The number of amides is 8. The van der Waals surface area contributed by atoms with Crippen LogP contribution in [-0.2, 0) is 49.5 Å². The molecule has 0 fully saturated rings. The highest BCUT2D eigenvalue weighted by molar-refractivity contribution is 5.96. The number of phenols is 1. The molecular weight excluding hydrogens is 853 g/mol. The van der Waals surface area contributed by atoms with Crippen LogP contribution < -0.4 is 54.4 Å². The number of ether oxygens (including phenoxy) is 1. The molecule has 0 aliphatic heterocycles. The zero-order valence-electron chi connectivity index (χ0n) is 39.4. The van der Waals surface area contributed by atoms with Crippen molar-refractivity contribution in [2.24, 2.45) is 17.2 Å². The van der Waals surface area contributed by atoms with Gasteiger partial charge in [0.15, 0.2) is 0 Å². The standard InChI is InChI=1S/C46H80N10O10/c1-3-4-5-6-7-8-9-10-11-16-28-66-29-25-40(59)51-31-41(60)52-32-42(61)53-38(30-33-19-21-34(57)22-20-33)46(65)56-37(23-24-39(49)58)45(64)55-36(18-13-15-27-48)44(63)54-35(43(62)50-2)17-12-14-26-47/h19-22,35-38,57H,3-18,23-32,47-48H2,1-2H3,(H2,49,58)(H,50,62)(H,51,59)(H,52,60)(H,53,61)(H,54,63)(H,55,64)(H,56,65)/t35-,36-,37-,38-/m0/s1. The topological polar surface area (TPSA) is 328 Å². The summed E-state index contributed by atoms with van der Waals surface area (Å²) in [5.74, 6) is -5.40. The maximum Gasteiger partial charge on any atom is 0.243 e. The number of hydrogen-bond acceptors (Lipinski definition) is 12. The van der Waals surface area contributed by atoms with Crippen molar-refractivity contribution in [3.8, 4) is 5.75 Å². The van der Waals surface area contributed by atoms with Crippen molar-refractivity contribution in [2.45, 2.75) is 160 Å². The Labute approximate surface area is 390 Å². The van der Waals surface area contributed by atoms with E-state index in [2.05, 4.69) is 44.1 Å². The van der Waals surface area contributed by atoms with E-state index in [1.807, 2.05) is 0 Å². The van der Waals surface area contributed by atoms with Crippen LogP contribution >= 0.6 is 0 Å². The van der Waals surface area contributed by atoms with Gasteiger partial charge in [0, 0.05) is 32.9 Å². The molecule has 0 bridgehead atoms. The summed E-state index contributed by atoms with van der Waals surface area (Å²) >= 11 is 0. The molecule has 4 atom stereocenters. The van der Waals surface area contributed by atoms with E-state index < -0.39 is 84.5 Å². The first-order chi connectivity index (χ1) is 31.7. The highest BCUT2D eigenvalue weighted by atomic mass is 16.5. The molecular formula is C46H80N10O10. The number of rotatable bonds is 39. The van der Waals surface area contributed by atoms with E-state index in [0.29, 0.717) is 57.4 Å². The van der Waals surface area contributed by atoms with Crippen molar-refractivity contribution in [3.05, 3.63) is 29.8 Å². The van der Waals surface area contributed by atoms with Gasteiger partial charge in [0.05, 0.1) is 19.7 Å². The molecule has 20 nitrogen and oxygen atoms in total.